The molecule has 3 rings (SSSR count). The molecule has 0 radical (unpaired) electrons. The predicted molar refractivity (Wildman–Crippen MR) is 122 cm³/mol. The highest BCUT2D eigenvalue weighted by molar-refractivity contribution is 6.10. The molecule has 0 unspecified atom stereocenters. The number of aliphatic hydroxyl groups excluding tert-OH is 2. The number of Topliss-reactive ketones (excluding diaryl/α,β-unsaturated/α-hetero) is 1. The van der Waals surface area contributed by atoms with Crippen molar-refractivity contribution in [3.8, 4) is 0 Å². The maximum atomic E-state index is 14.1. The number of aliphatic hydroxyl groups is 2. The SMILES string of the molecule is CO[C@@H]1CC(=O)[C@]23C(=O)N[C@H](CC(C)C)[C@@H]2C(C)=C(C)[C@H](OO)[C@@H]3/C=C(/C)CC[C@H](O)[C@H]1O. The van der Waals surface area contributed by atoms with Crippen LogP contribution in [0, 0.1) is 23.2 Å². The number of hydrogen-bond donors (Lipinski definition) is 4. The van der Waals surface area contributed by atoms with Gasteiger partial charge in [-0.1, -0.05) is 31.1 Å². The second kappa shape index (κ2) is 9.96. The fraction of sp³-hybridized carbons (Fsp3) is 0.760. The lowest BCUT2D eigenvalue weighted by molar-refractivity contribution is -0.284. The number of allylic oxidation sites excluding steroid dienone is 1. The summed E-state index contributed by atoms with van der Waals surface area (Å²) in [6.45, 7) is 9.79. The van der Waals surface area contributed by atoms with Gasteiger partial charge in [0.2, 0.25) is 5.91 Å². The first-order chi connectivity index (χ1) is 15.5. The molecular formula is C25H39NO7. The van der Waals surface area contributed by atoms with Gasteiger partial charge in [0.1, 0.15) is 17.6 Å². The van der Waals surface area contributed by atoms with Crippen LogP contribution in [0.4, 0.5) is 0 Å². The Morgan fingerprint density at radius 2 is 1.85 bits per heavy atom. The Morgan fingerprint density at radius 1 is 1.18 bits per heavy atom. The standard InChI is InChI=1S/C25H39NO7/c1-12(2)9-17-21-14(4)15(5)23(33-31)16-10-13(3)7-8-18(27)22(29)19(32-6)11-20(28)25(16,21)24(30)26-17/h10,12,16-19,21-23,27,29,31H,7-9,11H2,1-6H3,(H,26,30)/b13-10-/t16-,17+,18-,19+,21-,22+,23-,25-/m0/s1. The lowest BCUT2D eigenvalue weighted by Gasteiger charge is -2.47. The molecule has 1 spiro atoms. The summed E-state index contributed by atoms with van der Waals surface area (Å²) in [7, 11) is 1.38. The summed E-state index contributed by atoms with van der Waals surface area (Å²) in [4.78, 5) is 32.9. The normalized spacial score (nSPS) is 41.8. The van der Waals surface area contributed by atoms with Gasteiger partial charge >= 0.3 is 0 Å². The molecule has 0 saturated carbocycles. The average molecular weight is 466 g/mol. The average Bonchev–Trinajstić information content (AvgIpc) is 3.04. The van der Waals surface area contributed by atoms with E-state index in [4.69, 9.17) is 9.62 Å². The van der Waals surface area contributed by atoms with Crippen LogP contribution in [0.1, 0.15) is 60.3 Å². The van der Waals surface area contributed by atoms with Crippen molar-refractivity contribution in [1.82, 2.24) is 5.32 Å². The first kappa shape index (κ1) is 26.0. The molecule has 8 nitrogen and oxygen atoms in total. The maximum absolute atomic E-state index is 14.1. The summed E-state index contributed by atoms with van der Waals surface area (Å²) >= 11 is 0. The lowest BCUT2D eigenvalue weighted by atomic mass is 9.54. The molecule has 1 aliphatic heterocycles. The predicted octanol–water partition coefficient (Wildman–Crippen LogP) is 2.39. The van der Waals surface area contributed by atoms with Gasteiger partial charge < -0.3 is 20.3 Å². The third kappa shape index (κ3) is 4.32. The summed E-state index contributed by atoms with van der Waals surface area (Å²) in [5.74, 6) is -1.61. The Kier molecular flexibility index (Phi) is 7.86. The third-order valence-corrected chi connectivity index (χ3v) is 8.02. The van der Waals surface area contributed by atoms with Crippen LogP contribution in [-0.4, -0.2) is 64.7 Å². The maximum Gasteiger partial charge on any atom is 0.235 e. The molecule has 0 aromatic rings. The lowest BCUT2D eigenvalue weighted by Crippen LogP contribution is -2.57. The fourth-order valence-electron chi connectivity index (χ4n) is 6.24. The Morgan fingerprint density at radius 3 is 2.42 bits per heavy atom. The van der Waals surface area contributed by atoms with Crippen molar-refractivity contribution < 1.29 is 34.7 Å². The minimum atomic E-state index is -1.51. The number of ketones is 1. The van der Waals surface area contributed by atoms with Crippen molar-refractivity contribution in [3.05, 3.63) is 22.8 Å². The smallest absolute Gasteiger partial charge is 0.235 e. The van der Waals surface area contributed by atoms with Crippen LogP contribution in [0.5, 0.6) is 0 Å². The van der Waals surface area contributed by atoms with E-state index in [0.717, 1.165) is 16.7 Å². The first-order valence-corrected chi connectivity index (χ1v) is 11.9. The van der Waals surface area contributed by atoms with Crippen LogP contribution in [0.3, 0.4) is 0 Å². The third-order valence-electron chi connectivity index (χ3n) is 8.02. The second-order valence-corrected chi connectivity index (χ2v) is 10.5. The van der Waals surface area contributed by atoms with E-state index >= 15 is 0 Å². The van der Waals surface area contributed by atoms with Crippen molar-refractivity contribution in [3.63, 3.8) is 0 Å². The van der Waals surface area contributed by atoms with Crippen molar-refractivity contribution >= 4 is 11.7 Å². The van der Waals surface area contributed by atoms with E-state index in [1.165, 1.54) is 7.11 Å². The number of methoxy groups -OCH3 is 1. The van der Waals surface area contributed by atoms with Crippen LogP contribution in [0.15, 0.2) is 22.8 Å². The van der Waals surface area contributed by atoms with Gasteiger partial charge in [-0.05, 0) is 51.5 Å². The molecule has 8 atom stereocenters. The van der Waals surface area contributed by atoms with Crippen molar-refractivity contribution in [2.75, 3.05) is 7.11 Å². The largest absolute Gasteiger partial charge is 0.390 e. The van der Waals surface area contributed by atoms with Crippen LogP contribution < -0.4 is 5.32 Å². The number of rotatable bonds is 4. The molecule has 0 aromatic carbocycles. The number of ether oxygens (including phenoxy) is 1. The van der Waals surface area contributed by atoms with Crippen LogP contribution >= 0.6 is 0 Å². The molecular weight excluding hydrogens is 426 g/mol. The van der Waals surface area contributed by atoms with Gasteiger partial charge in [-0.25, -0.2) is 4.89 Å². The van der Waals surface area contributed by atoms with E-state index in [1.54, 1.807) is 0 Å². The Bertz CT molecular complexity index is 835. The minimum absolute atomic E-state index is 0.235. The van der Waals surface area contributed by atoms with Gasteiger partial charge in [0.05, 0.1) is 12.2 Å². The summed E-state index contributed by atoms with van der Waals surface area (Å²) < 4.78 is 5.42. The van der Waals surface area contributed by atoms with Gasteiger partial charge in [0, 0.05) is 31.4 Å². The highest BCUT2D eigenvalue weighted by Crippen LogP contribution is 2.56. The highest BCUT2D eigenvalue weighted by Gasteiger charge is 2.67. The molecule has 1 saturated heterocycles. The van der Waals surface area contributed by atoms with E-state index in [-0.39, 0.29) is 30.6 Å². The molecule has 33 heavy (non-hydrogen) atoms. The molecule has 1 fully saturated rings. The quantitative estimate of drug-likeness (QED) is 0.217. The summed E-state index contributed by atoms with van der Waals surface area (Å²) in [6, 6.07) is -0.242. The van der Waals surface area contributed by atoms with Gasteiger partial charge in [0.25, 0.3) is 0 Å². The first-order valence-electron chi connectivity index (χ1n) is 11.9. The van der Waals surface area contributed by atoms with Gasteiger partial charge in [-0.3, -0.25) is 14.8 Å². The monoisotopic (exact) mass is 465 g/mol. The molecule has 8 heteroatoms. The molecule has 0 aromatic heterocycles. The molecule has 1 heterocycles. The van der Waals surface area contributed by atoms with Gasteiger partial charge in [0.15, 0.2) is 5.78 Å². The van der Waals surface area contributed by atoms with Gasteiger partial charge in [-0.2, -0.15) is 0 Å². The van der Waals surface area contributed by atoms with Crippen LogP contribution in [0.25, 0.3) is 0 Å². The Labute approximate surface area is 196 Å². The summed E-state index contributed by atoms with van der Waals surface area (Å²) in [6.07, 6.45) is -1.10. The van der Waals surface area contributed by atoms with E-state index in [0.29, 0.717) is 18.8 Å². The van der Waals surface area contributed by atoms with Gasteiger partial charge in [-0.15, -0.1) is 0 Å². The van der Waals surface area contributed by atoms with E-state index in [2.05, 4.69) is 19.2 Å². The Balaban J connectivity index is 2.27. The molecule has 0 bridgehead atoms. The topological polar surface area (TPSA) is 125 Å². The molecule has 186 valence electrons. The van der Waals surface area contributed by atoms with E-state index < -0.39 is 41.7 Å². The van der Waals surface area contributed by atoms with Crippen molar-refractivity contribution in [2.24, 2.45) is 23.2 Å². The second-order valence-electron chi connectivity index (χ2n) is 10.5. The summed E-state index contributed by atoms with van der Waals surface area (Å²) in [5.41, 5.74) is 1.01. The summed E-state index contributed by atoms with van der Waals surface area (Å²) in [5, 5.41) is 34.2. The number of hydrogen-bond acceptors (Lipinski definition) is 7. The van der Waals surface area contributed by atoms with Crippen molar-refractivity contribution in [1.29, 1.82) is 0 Å². The number of carbonyl (C=O) groups is 2. The zero-order valence-corrected chi connectivity index (χ0v) is 20.5. The molecule has 1 amide bonds. The zero-order valence-electron chi connectivity index (χ0n) is 20.5. The number of amides is 1. The molecule has 2 aliphatic carbocycles. The highest BCUT2D eigenvalue weighted by atomic mass is 17.1. The fourth-order valence-corrected chi connectivity index (χ4v) is 6.24. The van der Waals surface area contributed by atoms with E-state index in [1.807, 2.05) is 26.8 Å². The number of carbonyl (C=O) groups excluding carboxylic acids is 2. The minimum Gasteiger partial charge on any atom is -0.390 e. The van der Waals surface area contributed by atoms with E-state index in [9.17, 15) is 25.1 Å². The molecule has 4 N–H and O–H groups in total. The van der Waals surface area contributed by atoms with Crippen LogP contribution in [0.2, 0.25) is 0 Å². The molecule has 3 aliphatic rings. The van der Waals surface area contributed by atoms with Crippen molar-refractivity contribution in [2.45, 2.75) is 90.8 Å². The zero-order chi connectivity index (χ0) is 24.7. The number of nitrogens with one attached hydrogen (secondary N) is 1. The Hall–Kier alpha value is -1.58. The van der Waals surface area contributed by atoms with Crippen LogP contribution in [-0.2, 0) is 19.2 Å².